The molecule has 210 valence electrons. The molecular weight excluding hydrogens is 534 g/mol. The molecule has 2 aromatic rings. The molecule has 0 bridgehead atoms. The third kappa shape index (κ3) is 8.21. The van der Waals surface area contributed by atoms with Crippen molar-refractivity contribution >= 4 is 27.3 Å². The molecule has 0 atom stereocenters. The van der Waals surface area contributed by atoms with Crippen molar-refractivity contribution in [1.29, 1.82) is 0 Å². The smallest absolute Gasteiger partial charge is 0.354 e. The van der Waals surface area contributed by atoms with Crippen LogP contribution in [0.2, 0.25) is 0 Å². The lowest BCUT2D eigenvalue weighted by Gasteiger charge is -2.16. The van der Waals surface area contributed by atoms with Crippen LogP contribution in [0.15, 0.2) is 35.9 Å². The third-order valence-electron chi connectivity index (χ3n) is 5.06. The van der Waals surface area contributed by atoms with Gasteiger partial charge in [-0.1, -0.05) is 0 Å². The lowest BCUT2D eigenvalue weighted by Crippen LogP contribution is -1.94. The van der Waals surface area contributed by atoms with E-state index in [2.05, 4.69) is 0 Å². The van der Waals surface area contributed by atoms with E-state index in [0.717, 1.165) is 0 Å². The van der Waals surface area contributed by atoms with Gasteiger partial charge in [-0.05, 0) is 75.2 Å². The number of methoxy groups -OCH3 is 2. The van der Waals surface area contributed by atoms with E-state index < -0.39 is 15.2 Å². The van der Waals surface area contributed by atoms with Crippen molar-refractivity contribution < 1.29 is 46.9 Å². The molecule has 0 aliphatic rings. The van der Waals surface area contributed by atoms with Gasteiger partial charge < -0.3 is 37.8 Å². The Kier molecular flexibility index (Phi) is 12.1. The Balaban J connectivity index is 2.67. The lowest BCUT2D eigenvalue weighted by molar-refractivity contribution is 0.228. The van der Waals surface area contributed by atoms with E-state index in [1.54, 1.807) is 39.8 Å². The van der Waals surface area contributed by atoms with Gasteiger partial charge in [-0.3, -0.25) is 9.13 Å². The lowest BCUT2D eigenvalue weighted by atomic mass is 9.97. The monoisotopic (exact) mass is 570 g/mol. The van der Waals surface area contributed by atoms with Crippen LogP contribution in [0.25, 0.3) is 23.3 Å². The largest absolute Gasteiger partial charge is 0.504 e. The average Bonchev–Trinajstić information content (AvgIpc) is 2.88. The summed E-state index contributed by atoms with van der Waals surface area (Å²) in [6.45, 7) is 7.61. The van der Waals surface area contributed by atoms with Crippen LogP contribution in [0.4, 0.5) is 0 Å². The Bertz CT molecular complexity index is 1120. The van der Waals surface area contributed by atoms with Crippen LogP contribution in [0, 0.1) is 0 Å². The molecule has 0 aliphatic carbocycles. The molecule has 0 unspecified atom stereocenters. The van der Waals surface area contributed by atoms with Gasteiger partial charge in [-0.15, -0.1) is 0 Å². The van der Waals surface area contributed by atoms with Crippen molar-refractivity contribution in [2.45, 2.75) is 27.7 Å². The number of phenols is 2. The molecule has 0 spiro atoms. The number of ether oxygens (including phenoxy) is 2. The highest BCUT2D eigenvalue weighted by Crippen LogP contribution is 2.52. The van der Waals surface area contributed by atoms with Gasteiger partial charge in [-0.2, -0.15) is 0 Å². The van der Waals surface area contributed by atoms with Crippen molar-refractivity contribution in [3.05, 3.63) is 47.0 Å². The van der Waals surface area contributed by atoms with Gasteiger partial charge in [0.2, 0.25) is 0 Å². The SMILES string of the molecule is CCOP(=O)(/C=C/c1cc(OC)c(O)c(-c2cc(/C=C/P(=O)(OCC)OCC)cc(OC)c2O)c1)OCC. The normalized spacial score (nSPS) is 12.5. The van der Waals surface area contributed by atoms with E-state index in [1.807, 2.05) is 0 Å². The zero-order chi connectivity index (χ0) is 28.3. The summed E-state index contributed by atoms with van der Waals surface area (Å²) in [5, 5.41) is 21.9. The first-order valence-electron chi connectivity index (χ1n) is 12.1. The third-order valence-corrected chi connectivity index (χ3v) is 8.56. The molecule has 2 rings (SSSR count). The number of hydrogen-bond acceptors (Lipinski definition) is 10. The fraction of sp³-hybridized carbons (Fsp3) is 0.385. The fourth-order valence-electron chi connectivity index (χ4n) is 3.49. The molecule has 2 aromatic carbocycles. The van der Waals surface area contributed by atoms with Gasteiger partial charge in [0.25, 0.3) is 0 Å². The Morgan fingerprint density at radius 1 is 0.632 bits per heavy atom. The zero-order valence-electron chi connectivity index (χ0n) is 22.5. The second-order valence-corrected chi connectivity index (χ2v) is 11.4. The van der Waals surface area contributed by atoms with Crippen molar-refractivity contribution in [2.75, 3.05) is 40.6 Å². The number of benzene rings is 2. The van der Waals surface area contributed by atoms with Crippen LogP contribution in [-0.4, -0.2) is 50.9 Å². The minimum Gasteiger partial charge on any atom is -0.504 e. The highest BCUT2D eigenvalue weighted by Gasteiger charge is 2.22. The number of phenolic OH excluding ortho intramolecular Hbond substituents is 2. The summed E-state index contributed by atoms with van der Waals surface area (Å²) in [5.74, 6) is 2.40. The molecule has 0 saturated heterocycles. The molecule has 0 saturated carbocycles. The molecule has 0 heterocycles. The van der Waals surface area contributed by atoms with Crippen LogP contribution in [0.5, 0.6) is 23.0 Å². The molecule has 0 aromatic heterocycles. The van der Waals surface area contributed by atoms with E-state index in [0.29, 0.717) is 11.1 Å². The molecular formula is C26H36O10P2. The molecule has 10 nitrogen and oxygen atoms in total. The predicted molar refractivity (Wildman–Crippen MR) is 148 cm³/mol. The van der Waals surface area contributed by atoms with Gasteiger partial charge >= 0.3 is 15.2 Å². The molecule has 0 amide bonds. The quantitative estimate of drug-likeness (QED) is 0.211. The summed E-state index contributed by atoms with van der Waals surface area (Å²) in [4.78, 5) is 0. The number of hydrogen-bond donors (Lipinski definition) is 2. The van der Waals surface area contributed by atoms with E-state index in [1.165, 1.54) is 50.1 Å². The van der Waals surface area contributed by atoms with E-state index in [4.69, 9.17) is 27.6 Å². The van der Waals surface area contributed by atoms with Crippen molar-refractivity contribution in [1.82, 2.24) is 0 Å². The van der Waals surface area contributed by atoms with Crippen LogP contribution in [-0.2, 0) is 27.2 Å². The van der Waals surface area contributed by atoms with Crippen LogP contribution in [0.3, 0.4) is 0 Å². The summed E-state index contributed by atoms with van der Waals surface area (Å²) >= 11 is 0. The average molecular weight is 571 g/mol. The molecule has 2 N–H and O–H groups in total. The maximum absolute atomic E-state index is 12.9. The van der Waals surface area contributed by atoms with Gasteiger partial charge in [0.05, 0.1) is 40.6 Å². The van der Waals surface area contributed by atoms with Gasteiger partial charge in [0.15, 0.2) is 23.0 Å². The highest BCUT2D eigenvalue weighted by molar-refractivity contribution is 7.57. The standard InChI is InChI=1S/C26H36O10P2/c1-7-33-37(29,34-8-2)13-11-19-15-21(25(27)23(17-19)31-5)22-16-20(18-24(32-6)26(22)28)12-14-38(30,35-9-3)36-10-4/h11-18,27-28H,7-10H2,1-6H3/b13-11+,14-12+. The van der Waals surface area contributed by atoms with Crippen LogP contribution < -0.4 is 9.47 Å². The molecule has 38 heavy (non-hydrogen) atoms. The minimum atomic E-state index is -3.49. The van der Waals surface area contributed by atoms with Crippen LogP contribution in [0.1, 0.15) is 38.8 Å². The van der Waals surface area contributed by atoms with Crippen LogP contribution >= 0.6 is 15.2 Å². The topological polar surface area (TPSA) is 130 Å². The molecule has 12 heteroatoms. The second-order valence-electron chi connectivity index (χ2n) is 7.62. The molecule has 0 fully saturated rings. The Morgan fingerprint density at radius 2 is 0.947 bits per heavy atom. The second kappa shape index (κ2) is 14.5. The van der Waals surface area contributed by atoms with E-state index >= 15 is 0 Å². The summed E-state index contributed by atoms with van der Waals surface area (Å²) in [6, 6.07) is 6.22. The zero-order valence-corrected chi connectivity index (χ0v) is 24.3. The predicted octanol–water partition coefficient (Wildman–Crippen LogP) is 7.26. The Morgan fingerprint density at radius 3 is 1.21 bits per heavy atom. The Hall–Kier alpha value is -2.58. The summed E-state index contributed by atoms with van der Waals surface area (Å²) in [7, 11) is -4.20. The van der Waals surface area contributed by atoms with Gasteiger partial charge in [0, 0.05) is 22.8 Å². The summed E-state index contributed by atoms with van der Waals surface area (Å²) < 4.78 is 57.6. The van der Waals surface area contributed by atoms with Gasteiger partial charge in [-0.25, -0.2) is 0 Å². The maximum atomic E-state index is 12.9. The van der Waals surface area contributed by atoms with E-state index in [9.17, 15) is 19.3 Å². The minimum absolute atomic E-state index is 0.112. The Labute approximate surface area is 223 Å². The summed E-state index contributed by atoms with van der Waals surface area (Å²) in [6.07, 6.45) is 3.05. The summed E-state index contributed by atoms with van der Waals surface area (Å²) in [5.41, 5.74) is 1.39. The first-order chi connectivity index (χ1) is 18.1. The van der Waals surface area contributed by atoms with Crippen molar-refractivity contribution in [3.8, 4) is 34.1 Å². The first-order valence-corrected chi connectivity index (χ1v) is 15.3. The number of aromatic hydroxyl groups is 2. The highest BCUT2D eigenvalue weighted by atomic mass is 31.2. The first kappa shape index (κ1) is 31.6. The van der Waals surface area contributed by atoms with Crippen molar-refractivity contribution in [2.24, 2.45) is 0 Å². The van der Waals surface area contributed by atoms with Crippen molar-refractivity contribution in [3.63, 3.8) is 0 Å². The molecule has 0 aliphatic heterocycles. The van der Waals surface area contributed by atoms with E-state index in [-0.39, 0.29) is 60.6 Å². The maximum Gasteiger partial charge on any atom is 0.354 e. The number of rotatable bonds is 15. The molecule has 0 radical (unpaired) electrons. The fourth-order valence-corrected chi connectivity index (χ4v) is 6.14. The van der Waals surface area contributed by atoms with Gasteiger partial charge in [0.1, 0.15) is 0 Å².